The lowest BCUT2D eigenvalue weighted by Crippen LogP contribution is -2.47. The number of rotatable bonds is 2. The molecule has 0 N–H and O–H groups in total. The Morgan fingerprint density at radius 2 is 1.60 bits per heavy atom. The van der Waals surface area contributed by atoms with Crippen LogP contribution in [0.3, 0.4) is 0 Å². The topological polar surface area (TPSA) is 60.4 Å². The van der Waals surface area contributed by atoms with Gasteiger partial charge in [-0.25, -0.2) is 0 Å². The molecule has 0 radical (unpaired) electrons. The summed E-state index contributed by atoms with van der Waals surface area (Å²) in [6.07, 6.45) is 0.903. The molecule has 4 heteroatoms. The minimum absolute atomic E-state index is 0.366. The van der Waals surface area contributed by atoms with Gasteiger partial charge in [0, 0.05) is 16.2 Å². The molecule has 4 nitrogen and oxygen atoms in total. The summed E-state index contributed by atoms with van der Waals surface area (Å²) >= 11 is 0. The van der Waals surface area contributed by atoms with Gasteiger partial charge in [-0.2, -0.15) is 0 Å². The van der Waals surface area contributed by atoms with E-state index in [0.29, 0.717) is 18.6 Å². The Morgan fingerprint density at radius 1 is 0.920 bits per heavy atom. The van der Waals surface area contributed by atoms with E-state index < -0.39 is 33.8 Å². The number of esters is 1. The fourth-order valence-electron chi connectivity index (χ4n) is 4.69. The van der Waals surface area contributed by atoms with Gasteiger partial charge in [-0.05, 0) is 24.3 Å². The Balaban J connectivity index is 1.79. The van der Waals surface area contributed by atoms with Crippen molar-refractivity contribution in [3.8, 4) is 5.75 Å². The van der Waals surface area contributed by atoms with Crippen molar-refractivity contribution in [1.82, 2.24) is 0 Å². The molecule has 4 rings (SSSR count). The third-order valence-electron chi connectivity index (χ3n) is 6.84. The Hall–Kier alpha value is -2.49. The first-order valence-corrected chi connectivity index (χ1v) is 8.55. The summed E-state index contributed by atoms with van der Waals surface area (Å²) in [5.41, 5.74) is -2.92. The molecular formula is C21H20O4. The molecule has 0 aliphatic heterocycles. The largest absolute Gasteiger partial charge is 0.425 e. The van der Waals surface area contributed by atoms with Crippen molar-refractivity contribution < 1.29 is 19.1 Å². The number of ether oxygens (including phenoxy) is 1. The minimum atomic E-state index is -1.38. The van der Waals surface area contributed by atoms with Crippen molar-refractivity contribution in [1.29, 1.82) is 0 Å². The van der Waals surface area contributed by atoms with Gasteiger partial charge in [0.2, 0.25) is 11.6 Å². The first kappa shape index (κ1) is 16.0. The number of carbonyl (C=O) groups is 3. The van der Waals surface area contributed by atoms with Crippen molar-refractivity contribution >= 4 is 28.3 Å². The fraction of sp³-hybridized carbons (Fsp3) is 0.381. The average molecular weight is 336 g/mol. The monoisotopic (exact) mass is 336 g/mol. The summed E-state index contributed by atoms with van der Waals surface area (Å²) < 4.78 is 5.72. The first-order chi connectivity index (χ1) is 11.8. The summed E-state index contributed by atoms with van der Waals surface area (Å²) in [5.74, 6) is -1.20. The number of benzene rings is 2. The van der Waals surface area contributed by atoms with Crippen LogP contribution in [-0.4, -0.2) is 17.5 Å². The first-order valence-electron chi connectivity index (χ1n) is 8.55. The third-order valence-corrected chi connectivity index (χ3v) is 6.84. The van der Waals surface area contributed by atoms with E-state index in [0.717, 1.165) is 10.8 Å². The molecule has 2 aliphatic rings. The molecule has 0 saturated heterocycles. The molecule has 2 aliphatic carbocycles. The molecule has 25 heavy (non-hydrogen) atoms. The van der Waals surface area contributed by atoms with E-state index in [-0.39, 0.29) is 0 Å². The maximum Gasteiger partial charge on any atom is 0.326 e. The Labute approximate surface area is 146 Å². The molecule has 2 aromatic rings. The summed E-state index contributed by atoms with van der Waals surface area (Å²) in [7, 11) is 0. The smallest absolute Gasteiger partial charge is 0.326 e. The van der Waals surface area contributed by atoms with Gasteiger partial charge in [-0.3, -0.25) is 14.4 Å². The lowest BCUT2D eigenvalue weighted by atomic mass is 9.65. The number of Topliss-reactive ketones (excluding diaryl/α,β-unsaturated/α-hetero) is 2. The second-order valence-corrected chi connectivity index (χ2v) is 7.89. The maximum atomic E-state index is 13.2. The molecule has 0 amide bonds. The molecular weight excluding hydrogens is 316 g/mol. The van der Waals surface area contributed by atoms with E-state index >= 15 is 0 Å². The minimum Gasteiger partial charge on any atom is -0.425 e. The summed E-state index contributed by atoms with van der Waals surface area (Å²) in [5, 5.41) is 1.76. The number of fused-ring (bicyclic) bond motifs is 3. The predicted molar refractivity (Wildman–Crippen MR) is 93.2 cm³/mol. The highest BCUT2D eigenvalue weighted by molar-refractivity contribution is 6.48. The van der Waals surface area contributed by atoms with Gasteiger partial charge in [-0.1, -0.05) is 57.2 Å². The van der Waals surface area contributed by atoms with E-state index in [9.17, 15) is 14.4 Å². The van der Waals surface area contributed by atoms with E-state index in [1.165, 1.54) is 0 Å². The van der Waals surface area contributed by atoms with Crippen LogP contribution in [-0.2, 0) is 14.4 Å². The number of ketones is 2. The standard InChI is InChI=1S/C21H20O4/c1-19(2)20(3)11-12-21(19,17(23)16(20)22)18(24)25-15-10-6-8-13-7-4-5-9-14(13)15/h4-10H,11-12H2,1-3H3/t20-,21+/m1/s1. The SMILES string of the molecule is CC1(C)[C@@]2(C(=O)Oc3cccc4ccccc34)CC[C@]1(C)C(=O)C2=O. The highest BCUT2D eigenvalue weighted by atomic mass is 16.5. The molecule has 128 valence electrons. The van der Waals surface area contributed by atoms with E-state index in [4.69, 9.17) is 4.74 Å². The van der Waals surface area contributed by atoms with Gasteiger partial charge in [0.15, 0.2) is 0 Å². The highest BCUT2D eigenvalue weighted by Gasteiger charge is 2.78. The number of hydrogen-bond acceptors (Lipinski definition) is 4. The molecule has 0 unspecified atom stereocenters. The van der Waals surface area contributed by atoms with Gasteiger partial charge >= 0.3 is 5.97 Å². The molecule has 2 atom stereocenters. The van der Waals surface area contributed by atoms with Crippen LogP contribution in [0.15, 0.2) is 42.5 Å². The third kappa shape index (κ3) is 1.69. The Morgan fingerprint density at radius 3 is 2.28 bits per heavy atom. The number of hydrogen-bond donors (Lipinski definition) is 0. The van der Waals surface area contributed by atoms with Crippen LogP contribution in [0.4, 0.5) is 0 Å². The van der Waals surface area contributed by atoms with Gasteiger partial charge in [0.1, 0.15) is 11.2 Å². The lowest BCUT2D eigenvalue weighted by molar-refractivity contribution is -0.157. The summed E-state index contributed by atoms with van der Waals surface area (Å²) in [4.78, 5) is 38.4. The summed E-state index contributed by atoms with van der Waals surface area (Å²) in [6, 6.07) is 13.1. The highest BCUT2D eigenvalue weighted by Crippen LogP contribution is 2.69. The van der Waals surface area contributed by atoms with Crippen LogP contribution in [0, 0.1) is 16.2 Å². The van der Waals surface area contributed by atoms with Crippen molar-refractivity contribution in [2.75, 3.05) is 0 Å². The number of carbonyl (C=O) groups excluding carboxylic acids is 3. The second kappa shape index (κ2) is 4.78. The van der Waals surface area contributed by atoms with E-state index in [1.54, 1.807) is 13.0 Å². The van der Waals surface area contributed by atoms with Crippen LogP contribution in [0.1, 0.15) is 33.6 Å². The lowest BCUT2D eigenvalue weighted by Gasteiger charge is -2.36. The van der Waals surface area contributed by atoms with E-state index in [2.05, 4.69) is 0 Å². The molecule has 2 bridgehead atoms. The molecule has 0 aromatic heterocycles. The average Bonchev–Trinajstić information content (AvgIpc) is 2.87. The van der Waals surface area contributed by atoms with Crippen molar-refractivity contribution in [2.45, 2.75) is 33.6 Å². The van der Waals surface area contributed by atoms with Gasteiger partial charge in [-0.15, -0.1) is 0 Å². The van der Waals surface area contributed by atoms with Crippen molar-refractivity contribution in [3.05, 3.63) is 42.5 Å². The molecule has 2 saturated carbocycles. The molecule has 0 spiro atoms. The van der Waals surface area contributed by atoms with Crippen LogP contribution in [0.2, 0.25) is 0 Å². The zero-order chi connectivity index (χ0) is 18.0. The van der Waals surface area contributed by atoms with Gasteiger partial charge in [0.05, 0.1) is 0 Å². The second-order valence-electron chi connectivity index (χ2n) is 7.89. The van der Waals surface area contributed by atoms with Crippen LogP contribution in [0.5, 0.6) is 5.75 Å². The van der Waals surface area contributed by atoms with Crippen LogP contribution in [0.25, 0.3) is 10.8 Å². The van der Waals surface area contributed by atoms with Gasteiger partial charge in [0.25, 0.3) is 0 Å². The molecule has 0 heterocycles. The molecule has 2 aromatic carbocycles. The zero-order valence-corrected chi connectivity index (χ0v) is 14.6. The van der Waals surface area contributed by atoms with Gasteiger partial charge < -0.3 is 4.74 Å². The van der Waals surface area contributed by atoms with Crippen LogP contribution < -0.4 is 4.74 Å². The van der Waals surface area contributed by atoms with E-state index in [1.807, 2.05) is 50.2 Å². The Kier molecular flexibility index (Phi) is 3.06. The Bertz CT molecular complexity index is 937. The normalized spacial score (nSPS) is 30.0. The maximum absolute atomic E-state index is 13.2. The fourth-order valence-corrected chi connectivity index (χ4v) is 4.69. The molecule has 2 fully saturated rings. The van der Waals surface area contributed by atoms with Crippen molar-refractivity contribution in [3.63, 3.8) is 0 Å². The quantitative estimate of drug-likeness (QED) is 0.363. The van der Waals surface area contributed by atoms with Crippen LogP contribution >= 0.6 is 0 Å². The predicted octanol–water partition coefficient (Wildman–Crippen LogP) is 3.71. The summed E-state index contributed by atoms with van der Waals surface area (Å²) in [6.45, 7) is 5.48. The zero-order valence-electron chi connectivity index (χ0n) is 14.6. The van der Waals surface area contributed by atoms with Crippen molar-refractivity contribution in [2.24, 2.45) is 16.2 Å².